The zero-order chi connectivity index (χ0) is 14.0. The maximum atomic E-state index is 11.5. The molecule has 0 saturated heterocycles. The fraction of sp³-hybridized carbons (Fsp3) is 0.429. The average Bonchev–Trinajstić information content (AvgIpc) is 2.82. The summed E-state index contributed by atoms with van der Waals surface area (Å²) >= 11 is 0. The minimum atomic E-state index is -0.481. The SMILES string of the molecule is CC(N)C(=O)NCC(C)(C)c1ccc2nc[nH]c2c1. The molecular weight excluding hydrogens is 240 g/mol. The van der Waals surface area contributed by atoms with Crippen molar-refractivity contribution in [1.82, 2.24) is 15.3 Å². The summed E-state index contributed by atoms with van der Waals surface area (Å²) in [7, 11) is 0. The van der Waals surface area contributed by atoms with E-state index >= 15 is 0 Å². The highest BCUT2D eigenvalue weighted by atomic mass is 16.2. The second kappa shape index (κ2) is 5.01. The van der Waals surface area contributed by atoms with Crippen LogP contribution in [0.15, 0.2) is 24.5 Å². The van der Waals surface area contributed by atoms with Gasteiger partial charge in [-0.2, -0.15) is 0 Å². The van der Waals surface area contributed by atoms with Crippen LogP contribution in [0.4, 0.5) is 0 Å². The molecule has 2 rings (SSSR count). The molecule has 0 aliphatic heterocycles. The van der Waals surface area contributed by atoms with E-state index in [2.05, 4.69) is 35.2 Å². The van der Waals surface area contributed by atoms with Crippen molar-refractivity contribution in [3.05, 3.63) is 30.1 Å². The van der Waals surface area contributed by atoms with Crippen LogP contribution >= 0.6 is 0 Å². The largest absolute Gasteiger partial charge is 0.354 e. The van der Waals surface area contributed by atoms with Crippen LogP contribution in [0.5, 0.6) is 0 Å². The molecule has 1 atom stereocenters. The summed E-state index contributed by atoms with van der Waals surface area (Å²) in [6, 6.07) is 5.61. The lowest BCUT2D eigenvalue weighted by atomic mass is 9.84. The van der Waals surface area contributed by atoms with Gasteiger partial charge in [-0.15, -0.1) is 0 Å². The first-order chi connectivity index (χ1) is 8.90. The molecule has 1 amide bonds. The van der Waals surface area contributed by atoms with Crippen molar-refractivity contribution in [3.8, 4) is 0 Å². The second-order valence-corrected chi connectivity index (χ2v) is 5.52. The summed E-state index contributed by atoms with van der Waals surface area (Å²) in [5.74, 6) is -0.129. The molecule has 0 radical (unpaired) electrons. The first-order valence-corrected chi connectivity index (χ1v) is 6.37. The third kappa shape index (κ3) is 2.93. The number of benzene rings is 1. The van der Waals surface area contributed by atoms with E-state index in [9.17, 15) is 4.79 Å². The highest BCUT2D eigenvalue weighted by molar-refractivity contribution is 5.81. The van der Waals surface area contributed by atoms with Gasteiger partial charge in [-0.1, -0.05) is 19.9 Å². The van der Waals surface area contributed by atoms with Gasteiger partial charge >= 0.3 is 0 Å². The van der Waals surface area contributed by atoms with Gasteiger partial charge in [0, 0.05) is 12.0 Å². The number of hydrogen-bond donors (Lipinski definition) is 3. The molecule has 1 unspecified atom stereocenters. The first kappa shape index (κ1) is 13.5. The van der Waals surface area contributed by atoms with Crippen LogP contribution in [0, 0.1) is 0 Å². The van der Waals surface area contributed by atoms with Crippen molar-refractivity contribution < 1.29 is 4.79 Å². The number of nitrogens with zero attached hydrogens (tertiary/aromatic N) is 1. The van der Waals surface area contributed by atoms with Crippen molar-refractivity contribution >= 4 is 16.9 Å². The molecule has 0 aliphatic rings. The number of hydrogen-bond acceptors (Lipinski definition) is 3. The summed E-state index contributed by atoms with van der Waals surface area (Å²) in [4.78, 5) is 18.8. The van der Waals surface area contributed by atoms with Gasteiger partial charge in [-0.25, -0.2) is 4.98 Å². The van der Waals surface area contributed by atoms with Gasteiger partial charge < -0.3 is 16.0 Å². The number of aromatic nitrogens is 2. The van der Waals surface area contributed by atoms with Crippen LogP contribution in [0.1, 0.15) is 26.3 Å². The lowest BCUT2D eigenvalue weighted by Crippen LogP contribution is -2.43. The van der Waals surface area contributed by atoms with Crippen molar-refractivity contribution in [2.45, 2.75) is 32.2 Å². The Labute approximate surface area is 112 Å². The number of imidazole rings is 1. The number of rotatable bonds is 4. The van der Waals surface area contributed by atoms with Gasteiger partial charge in [0.25, 0.3) is 0 Å². The third-order valence-corrected chi connectivity index (χ3v) is 3.32. The Hall–Kier alpha value is -1.88. The fourth-order valence-electron chi connectivity index (χ4n) is 1.93. The summed E-state index contributed by atoms with van der Waals surface area (Å²) < 4.78 is 0. The van der Waals surface area contributed by atoms with E-state index in [1.165, 1.54) is 0 Å². The molecule has 0 fully saturated rings. The number of carbonyl (C=O) groups excluding carboxylic acids is 1. The summed E-state index contributed by atoms with van der Waals surface area (Å²) in [6.45, 7) is 6.41. The van der Waals surface area contributed by atoms with E-state index in [4.69, 9.17) is 5.73 Å². The Morgan fingerprint density at radius 1 is 1.53 bits per heavy atom. The Morgan fingerprint density at radius 2 is 2.26 bits per heavy atom. The topological polar surface area (TPSA) is 83.8 Å². The van der Waals surface area contributed by atoms with Crippen molar-refractivity contribution in [2.24, 2.45) is 5.73 Å². The zero-order valence-electron chi connectivity index (χ0n) is 11.5. The number of nitrogens with two attached hydrogens (primary N) is 1. The average molecular weight is 260 g/mol. The Bertz CT molecular complexity index is 586. The lowest BCUT2D eigenvalue weighted by molar-refractivity contribution is -0.122. The number of carbonyl (C=O) groups is 1. The minimum Gasteiger partial charge on any atom is -0.354 e. The van der Waals surface area contributed by atoms with Crippen molar-refractivity contribution in [3.63, 3.8) is 0 Å². The highest BCUT2D eigenvalue weighted by Crippen LogP contribution is 2.24. The quantitative estimate of drug-likeness (QED) is 0.775. The zero-order valence-corrected chi connectivity index (χ0v) is 11.5. The second-order valence-electron chi connectivity index (χ2n) is 5.52. The maximum Gasteiger partial charge on any atom is 0.236 e. The van der Waals surface area contributed by atoms with Gasteiger partial charge in [0.1, 0.15) is 0 Å². The smallest absolute Gasteiger partial charge is 0.236 e. The van der Waals surface area contributed by atoms with E-state index in [1.54, 1.807) is 13.3 Å². The van der Waals surface area contributed by atoms with Gasteiger partial charge in [-0.3, -0.25) is 4.79 Å². The standard InChI is InChI=1S/C14H20N4O/c1-9(15)13(19)16-7-14(2,3)10-4-5-11-12(6-10)18-8-17-11/h4-6,8-9H,7,15H2,1-3H3,(H,16,19)(H,17,18). The third-order valence-electron chi connectivity index (χ3n) is 3.32. The molecule has 102 valence electrons. The molecule has 4 N–H and O–H groups in total. The molecule has 0 aliphatic carbocycles. The molecule has 1 heterocycles. The molecule has 1 aromatic heterocycles. The normalized spacial score (nSPS) is 13.5. The molecule has 1 aromatic carbocycles. The van der Waals surface area contributed by atoms with Crippen LogP contribution in [0.2, 0.25) is 0 Å². The first-order valence-electron chi connectivity index (χ1n) is 6.37. The van der Waals surface area contributed by atoms with Gasteiger partial charge in [0.15, 0.2) is 0 Å². The maximum absolute atomic E-state index is 11.5. The Morgan fingerprint density at radius 3 is 2.95 bits per heavy atom. The monoisotopic (exact) mass is 260 g/mol. The lowest BCUT2D eigenvalue weighted by Gasteiger charge is -2.26. The van der Waals surface area contributed by atoms with Crippen LogP contribution in [-0.2, 0) is 10.2 Å². The molecule has 5 nitrogen and oxygen atoms in total. The van der Waals surface area contributed by atoms with E-state index in [0.717, 1.165) is 16.6 Å². The fourth-order valence-corrected chi connectivity index (χ4v) is 1.93. The van der Waals surface area contributed by atoms with Crippen LogP contribution in [-0.4, -0.2) is 28.5 Å². The Balaban J connectivity index is 2.15. The molecule has 0 bridgehead atoms. The predicted octanol–water partition coefficient (Wildman–Crippen LogP) is 1.30. The molecular formula is C14H20N4O. The summed E-state index contributed by atoms with van der Waals surface area (Å²) in [5.41, 5.74) is 8.47. The Kier molecular flexibility index (Phi) is 3.57. The van der Waals surface area contributed by atoms with Crippen LogP contribution in [0.3, 0.4) is 0 Å². The van der Waals surface area contributed by atoms with E-state index < -0.39 is 6.04 Å². The molecule has 5 heteroatoms. The van der Waals surface area contributed by atoms with Crippen molar-refractivity contribution in [1.29, 1.82) is 0 Å². The number of aromatic amines is 1. The molecule has 0 spiro atoms. The van der Waals surface area contributed by atoms with Gasteiger partial charge in [0.2, 0.25) is 5.91 Å². The number of nitrogens with one attached hydrogen (secondary N) is 2. The predicted molar refractivity (Wildman–Crippen MR) is 75.8 cm³/mol. The molecule has 19 heavy (non-hydrogen) atoms. The van der Waals surface area contributed by atoms with E-state index in [-0.39, 0.29) is 11.3 Å². The number of H-pyrrole nitrogens is 1. The van der Waals surface area contributed by atoms with E-state index in [0.29, 0.717) is 6.54 Å². The van der Waals surface area contributed by atoms with Crippen LogP contribution in [0.25, 0.3) is 11.0 Å². The van der Waals surface area contributed by atoms with Crippen molar-refractivity contribution in [2.75, 3.05) is 6.54 Å². The van der Waals surface area contributed by atoms with E-state index in [1.807, 2.05) is 12.1 Å². The number of fused-ring (bicyclic) bond motifs is 1. The number of amides is 1. The van der Waals surface area contributed by atoms with Gasteiger partial charge in [0.05, 0.1) is 23.4 Å². The minimum absolute atomic E-state index is 0.129. The summed E-state index contributed by atoms with van der Waals surface area (Å²) in [6.07, 6.45) is 1.68. The van der Waals surface area contributed by atoms with Gasteiger partial charge in [-0.05, 0) is 24.6 Å². The molecule has 0 saturated carbocycles. The highest BCUT2D eigenvalue weighted by Gasteiger charge is 2.22. The van der Waals surface area contributed by atoms with Crippen LogP contribution < -0.4 is 11.1 Å². The molecule has 2 aromatic rings. The summed E-state index contributed by atoms with van der Waals surface area (Å²) in [5, 5.41) is 2.87.